The first kappa shape index (κ1) is 17.3. The fourth-order valence-electron chi connectivity index (χ4n) is 2.77. The highest BCUT2D eigenvalue weighted by atomic mass is 32.2. The zero-order valence-electron chi connectivity index (χ0n) is 13.4. The highest BCUT2D eigenvalue weighted by molar-refractivity contribution is 7.92. The zero-order chi connectivity index (χ0) is 17.2. The number of carbonyl (C=O) groups excluding carboxylic acids is 2. The molecular weight excluding hydrogens is 318 g/mol. The maximum atomic E-state index is 12.1. The van der Waals surface area contributed by atoms with Gasteiger partial charge in [-0.15, -0.1) is 0 Å². The van der Waals surface area contributed by atoms with Crippen LogP contribution in [0.5, 0.6) is 0 Å². The van der Waals surface area contributed by atoms with Gasteiger partial charge in [0.05, 0.1) is 18.5 Å². The molecule has 0 saturated carbocycles. The molecule has 1 aliphatic heterocycles. The van der Waals surface area contributed by atoms with Crippen LogP contribution < -0.4 is 14.9 Å². The summed E-state index contributed by atoms with van der Waals surface area (Å²) in [5.74, 6) is -0.608. The predicted molar refractivity (Wildman–Crippen MR) is 87.9 cm³/mol. The fraction of sp³-hybridized carbons (Fsp3) is 0.467. The molecule has 0 radical (unpaired) electrons. The van der Waals surface area contributed by atoms with Crippen LogP contribution in [0, 0.1) is 0 Å². The molecule has 2 rings (SSSR count). The van der Waals surface area contributed by atoms with E-state index in [1.807, 2.05) is 6.92 Å². The van der Waals surface area contributed by atoms with E-state index in [1.54, 1.807) is 25.1 Å². The first-order chi connectivity index (χ1) is 10.7. The molecule has 1 aliphatic rings. The Kier molecular flexibility index (Phi) is 4.93. The number of benzene rings is 1. The van der Waals surface area contributed by atoms with Crippen LogP contribution in [-0.4, -0.2) is 45.6 Å². The average molecular weight is 339 g/mol. The lowest BCUT2D eigenvalue weighted by Gasteiger charge is -2.21. The van der Waals surface area contributed by atoms with E-state index in [9.17, 15) is 18.0 Å². The summed E-state index contributed by atoms with van der Waals surface area (Å²) in [6, 6.07) is 4.72. The molecule has 0 aliphatic carbocycles. The lowest BCUT2D eigenvalue weighted by Crippen LogP contribution is -2.36. The molecular formula is C15H21N3O4S. The molecule has 1 aromatic rings. The lowest BCUT2D eigenvalue weighted by atomic mass is 10.1. The predicted octanol–water partition coefficient (Wildman–Crippen LogP) is 0.263. The molecule has 8 heteroatoms. The smallest absolute Gasteiger partial charge is 0.251 e. The van der Waals surface area contributed by atoms with Crippen molar-refractivity contribution >= 4 is 27.5 Å². The summed E-state index contributed by atoms with van der Waals surface area (Å²) >= 11 is 0. The Labute approximate surface area is 136 Å². The molecule has 23 heavy (non-hydrogen) atoms. The molecule has 0 bridgehead atoms. The number of rotatable bonds is 5. The lowest BCUT2D eigenvalue weighted by molar-refractivity contribution is -0.120. The van der Waals surface area contributed by atoms with Gasteiger partial charge in [0.25, 0.3) is 5.91 Å². The molecule has 1 aromatic carbocycles. The number of sulfonamides is 1. The molecule has 0 saturated heterocycles. The van der Waals surface area contributed by atoms with Crippen molar-refractivity contribution < 1.29 is 18.0 Å². The summed E-state index contributed by atoms with van der Waals surface area (Å²) < 4.78 is 25.1. The number of amides is 2. The minimum atomic E-state index is -3.35. The van der Waals surface area contributed by atoms with Gasteiger partial charge in [0.1, 0.15) is 0 Å². The molecule has 2 N–H and O–H groups in total. The van der Waals surface area contributed by atoms with Crippen LogP contribution in [0.25, 0.3) is 0 Å². The summed E-state index contributed by atoms with van der Waals surface area (Å²) in [6.45, 7) is 4.05. The van der Waals surface area contributed by atoms with E-state index in [0.717, 1.165) is 5.56 Å². The fourth-order valence-corrected chi connectivity index (χ4v) is 4.04. The number of likely N-dealkylation sites (N-methyl/N-ethyl adjacent to an activating group) is 1. The third-order valence-corrected chi connectivity index (χ3v) is 4.91. The van der Waals surface area contributed by atoms with Gasteiger partial charge in [-0.2, -0.15) is 0 Å². The van der Waals surface area contributed by atoms with Gasteiger partial charge in [-0.05, 0) is 44.0 Å². The van der Waals surface area contributed by atoms with Gasteiger partial charge in [0, 0.05) is 18.2 Å². The van der Waals surface area contributed by atoms with Crippen LogP contribution in [0.4, 0.5) is 5.69 Å². The Hall–Kier alpha value is -2.09. The van der Waals surface area contributed by atoms with Gasteiger partial charge < -0.3 is 10.6 Å². The Balaban J connectivity index is 2.15. The Bertz CT molecular complexity index is 730. The summed E-state index contributed by atoms with van der Waals surface area (Å²) in [4.78, 5) is 23.5. The van der Waals surface area contributed by atoms with Crippen molar-refractivity contribution in [3.63, 3.8) is 0 Å². The van der Waals surface area contributed by atoms with Gasteiger partial charge in [-0.1, -0.05) is 0 Å². The molecule has 1 atom stereocenters. The molecule has 126 valence electrons. The second-order valence-corrected chi connectivity index (χ2v) is 7.45. The summed E-state index contributed by atoms with van der Waals surface area (Å²) in [7, 11) is -3.35. The standard InChI is InChI=1S/C15H21N3O4S/c1-4-16-14(19)9-17-15(20)11-5-6-13-12(8-11)7-10(2)18(13)23(3,21)22/h5-6,8,10H,4,7,9H2,1-3H3,(H,16,19)(H,17,20)/t10-/m0/s1. The van der Waals surface area contributed by atoms with Gasteiger partial charge >= 0.3 is 0 Å². The van der Waals surface area contributed by atoms with E-state index in [4.69, 9.17) is 0 Å². The van der Waals surface area contributed by atoms with Crippen LogP contribution in [0.1, 0.15) is 29.8 Å². The maximum absolute atomic E-state index is 12.1. The first-order valence-corrected chi connectivity index (χ1v) is 9.26. The van der Waals surface area contributed by atoms with Crippen LogP contribution in [0.3, 0.4) is 0 Å². The van der Waals surface area contributed by atoms with E-state index in [0.29, 0.717) is 24.2 Å². The van der Waals surface area contributed by atoms with E-state index in [-0.39, 0.29) is 24.4 Å². The number of hydrogen-bond donors (Lipinski definition) is 2. The first-order valence-electron chi connectivity index (χ1n) is 7.41. The number of carbonyl (C=O) groups is 2. The molecule has 0 unspecified atom stereocenters. The second kappa shape index (κ2) is 6.57. The van der Waals surface area contributed by atoms with Crippen LogP contribution in [0.15, 0.2) is 18.2 Å². The zero-order valence-corrected chi connectivity index (χ0v) is 14.2. The average Bonchev–Trinajstić information content (AvgIpc) is 2.79. The summed E-state index contributed by atoms with van der Waals surface area (Å²) in [5.41, 5.74) is 1.84. The van der Waals surface area contributed by atoms with Crippen molar-refractivity contribution in [3.8, 4) is 0 Å². The third-order valence-electron chi connectivity index (χ3n) is 3.64. The highest BCUT2D eigenvalue weighted by Crippen LogP contribution is 2.34. The minimum Gasteiger partial charge on any atom is -0.355 e. The van der Waals surface area contributed by atoms with Crippen molar-refractivity contribution in [2.45, 2.75) is 26.3 Å². The molecule has 2 amide bonds. The largest absolute Gasteiger partial charge is 0.355 e. The number of nitrogens with one attached hydrogen (secondary N) is 2. The van der Waals surface area contributed by atoms with Crippen molar-refractivity contribution in [1.29, 1.82) is 0 Å². The van der Waals surface area contributed by atoms with Gasteiger partial charge in [0.15, 0.2) is 0 Å². The Morgan fingerprint density at radius 2 is 2.00 bits per heavy atom. The van der Waals surface area contributed by atoms with Gasteiger partial charge in [-0.25, -0.2) is 8.42 Å². The van der Waals surface area contributed by atoms with Crippen LogP contribution in [0.2, 0.25) is 0 Å². The SMILES string of the molecule is CCNC(=O)CNC(=O)c1ccc2c(c1)C[C@H](C)N2S(C)(=O)=O. The second-order valence-electron chi connectivity index (χ2n) is 5.59. The summed E-state index contributed by atoms with van der Waals surface area (Å²) in [5, 5.41) is 5.14. The molecule has 0 aromatic heterocycles. The van der Waals surface area contributed by atoms with Crippen molar-refractivity contribution in [2.24, 2.45) is 0 Å². The van der Waals surface area contributed by atoms with Crippen molar-refractivity contribution in [2.75, 3.05) is 23.7 Å². The minimum absolute atomic E-state index is 0.0877. The molecule has 0 fully saturated rings. The quantitative estimate of drug-likeness (QED) is 0.804. The molecule has 0 spiro atoms. The molecule has 1 heterocycles. The monoisotopic (exact) mass is 339 g/mol. The Morgan fingerprint density at radius 3 is 2.61 bits per heavy atom. The number of anilines is 1. The normalized spacial score (nSPS) is 16.8. The number of nitrogens with zero attached hydrogens (tertiary/aromatic N) is 1. The van der Waals surface area contributed by atoms with E-state index in [1.165, 1.54) is 10.6 Å². The van der Waals surface area contributed by atoms with E-state index < -0.39 is 10.0 Å². The van der Waals surface area contributed by atoms with Crippen molar-refractivity contribution in [1.82, 2.24) is 10.6 Å². The molecule has 7 nitrogen and oxygen atoms in total. The van der Waals surface area contributed by atoms with Crippen LogP contribution >= 0.6 is 0 Å². The van der Waals surface area contributed by atoms with E-state index >= 15 is 0 Å². The van der Waals surface area contributed by atoms with Gasteiger partial charge in [0.2, 0.25) is 15.9 Å². The number of fused-ring (bicyclic) bond motifs is 1. The topological polar surface area (TPSA) is 95.6 Å². The highest BCUT2D eigenvalue weighted by Gasteiger charge is 2.32. The summed E-state index contributed by atoms with van der Waals surface area (Å²) in [6.07, 6.45) is 1.73. The maximum Gasteiger partial charge on any atom is 0.251 e. The Morgan fingerprint density at radius 1 is 1.30 bits per heavy atom. The third kappa shape index (κ3) is 3.82. The van der Waals surface area contributed by atoms with Gasteiger partial charge in [-0.3, -0.25) is 13.9 Å². The van der Waals surface area contributed by atoms with E-state index in [2.05, 4.69) is 10.6 Å². The van der Waals surface area contributed by atoms with Crippen molar-refractivity contribution in [3.05, 3.63) is 29.3 Å². The van der Waals surface area contributed by atoms with Crippen LogP contribution in [-0.2, 0) is 21.2 Å². The number of hydrogen-bond acceptors (Lipinski definition) is 4.